The van der Waals surface area contributed by atoms with E-state index in [-0.39, 0.29) is 17.4 Å². The van der Waals surface area contributed by atoms with E-state index < -0.39 is 41.9 Å². The van der Waals surface area contributed by atoms with Gasteiger partial charge < -0.3 is 4.74 Å². The third-order valence-electron chi connectivity index (χ3n) is 7.89. The molecule has 0 N–H and O–H groups in total. The maximum Gasteiger partial charge on any atom is 0.273 e. The van der Waals surface area contributed by atoms with Crippen LogP contribution >= 0.6 is 11.6 Å². The predicted octanol–water partition coefficient (Wildman–Crippen LogP) is 3.64. The first kappa shape index (κ1) is 22.0. The van der Waals surface area contributed by atoms with Gasteiger partial charge in [0, 0.05) is 16.1 Å². The Balaban J connectivity index is 1.36. The van der Waals surface area contributed by atoms with E-state index in [1.54, 1.807) is 36.4 Å². The van der Waals surface area contributed by atoms with Crippen LogP contribution in [0.4, 0.5) is 0 Å². The molecule has 2 saturated carbocycles. The van der Waals surface area contributed by atoms with Crippen molar-refractivity contribution in [2.45, 2.75) is 6.42 Å². The highest BCUT2D eigenvalue weighted by Crippen LogP contribution is 2.65. The van der Waals surface area contributed by atoms with Crippen molar-refractivity contribution in [2.24, 2.45) is 35.5 Å². The Morgan fingerprint density at radius 2 is 1.60 bits per heavy atom. The van der Waals surface area contributed by atoms with Crippen LogP contribution in [0.2, 0.25) is 5.02 Å². The smallest absolute Gasteiger partial charge is 0.273 e. The van der Waals surface area contributed by atoms with E-state index in [0.29, 0.717) is 28.2 Å². The van der Waals surface area contributed by atoms with Crippen LogP contribution in [0.3, 0.4) is 0 Å². The van der Waals surface area contributed by atoms with Crippen molar-refractivity contribution < 1.29 is 23.9 Å². The van der Waals surface area contributed by atoms with Crippen molar-refractivity contribution in [2.75, 3.05) is 13.7 Å². The van der Waals surface area contributed by atoms with Gasteiger partial charge in [0.15, 0.2) is 5.78 Å². The second-order valence-electron chi connectivity index (χ2n) is 9.67. The second kappa shape index (κ2) is 8.05. The topological polar surface area (TPSA) is 84.0 Å². The summed E-state index contributed by atoms with van der Waals surface area (Å²) < 4.78 is 5.21. The van der Waals surface area contributed by atoms with E-state index in [2.05, 4.69) is 12.2 Å². The fourth-order valence-electron chi connectivity index (χ4n) is 6.18. The average molecular weight is 491 g/mol. The lowest BCUT2D eigenvalue weighted by Crippen LogP contribution is -2.52. The van der Waals surface area contributed by atoms with Gasteiger partial charge in [0.05, 0.1) is 18.9 Å². The highest BCUT2D eigenvalue weighted by atomic mass is 35.5. The molecule has 5 aliphatic rings. The summed E-state index contributed by atoms with van der Waals surface area (Å²) in [6.07, 6.45) is 5.18. The number of hydrazine groups is 1. The van der Waals surface area contributed by atoms with Gasteiger partial charge in [-0.15, -0.1) is 0 Å². The van der Waals surface area contributed by atoms with Crippen molar-refractivity contribution in [3.63, 3.8) is 0 Å². The molecule has 1 heterocycles. The number of benzene rings is 2. The molecule has 0 unspecified atom stereocenters. The van der Waals surface area contributed by atoms with E-state index in [0.717, 1.165) is 16.4 Å². The number of carbonyl (C=O) groups excluding carboxylic acids is 4. The minimum Gasteiger partial charge on any atom is -0.497 e. The number of nitrogens with zero attached hydrogens (tertiary/aromatic N) is 2. The molecule has 8 heteroatoms. The summed E-state index contributed by atoms with van der Waals surface area (Å²) >= 11 is 5.99. The lowest BCUT2D eigenvalue weighted by Gasteiger charge is -2.37. The number of carbonyl (C=O) groups is 4. The van der Waals surface area contributed by atoms with Gasteiger partial charge in [-0.3, -0.25) is 19.2 Å². The molecule has 2 bridgehead atoms. The molecular formula is C27H23ClN2O5. The average Bonchev–Trinajstić information content (AvgIpc) is 3.66. The Labute approximate surface area is 207 Å². The monoisotopic (exact) mass is 490 g/mol. The first-order valence-corrected chi connectivity index (χ1v) is 12.1. The molecule has 1 saturated heterocycles. The summed E-state index contributed by atoms with van der Waals surface area (Å²) in [6.45, 7) is -0.457. The van der Waals surface area contributed by atoms with Gasteiger partial charge >= 0.3 is 0 Å². The van der Waals surface area contributed by atoms with E-state index in [1.165, 1.54) is 19.2 Å². The van der Waals surface area contributed by atoms with E-state index in [4.69, 9.17) is 16.3 Å². The zero-order valence-corrected chi connectivity index (χ0v) is 19.7. The lowest BCUT2D eigenvalue weighted by molar-refractivity contribution is -0.154. The van der Waals surface area contributed by atoms with E-state index in [9.17, 15) is 19.2 Å². The van der Waals surface area contributed by atoms with Crippen LogP contribution in [-0.2, 0) is 9.59 Å². The van der Waals surface area contributed by atoms with Gasteiger partial charge in [-0.2, -0.15) is 5.01 Å². The number of rotatable bonds is 6. The number of amides is 3. The summed E-state index contributed by atoms with van der Waals surface area (Å²) in [5, 5.41) is 2.41. The van der Waals surface area contributed by atoms with Crippen LogP contribution in [0.1, 0.15) is 27.1 Å². The molecule has 6 atom stereocenters. The Bertz CT molecular complexity index is 1250. The molecule has 2 aromatic carbocycles. The van der Waals surface area contributed by atoms with Crippen LogP contribution in [0.25, 0.3) is 0 Å². The summed E-state index contributed by atoms with van der Waals surface area (Å²) in [5.41, 5.74) is 0.546. The number of methoxy groups -OCH3 is 1. The molecule has 178 valence electrons. The zero-order valence-electron chi connectivity index (χ0n) is 19.0. The summed E-state index contributed by atoms with van der Waals surface area (Å²) in [4.78, 5) is 54.2. The zero-order chi connectivity index (χ0) is 24.4. The van der Waals surface area contributed by atoms with Crippen LogP contribution in [-0.4, -0.2) is 47.2 Å². The Morgan fingerprint density at radius 1 is 0.971 bits per heavy atom. The molecule has 1 aliphatic heterocycles. The third-order valence-corrected chi connectivity index (χ3v) is 8.14. The number of ketones is 1. The molecule has 7 nitrogen and oxygen atoms in total. The SMILES string of the molecule is COc1cccc(C(=O)CN(C(=O)c2ccc(Cl)cc2)N2C(=O)[C@@H]3[C@@H]4C=C[C@@H]([C@@H]5C[C@H]45)[C@@H]3C2=O)c1. The first-order chi connectivity index (χ1) is 16.9. The number of hydrogen-bond acceptors (Lipinski definition) is 5. The molecule has 3 amide bonds. The van der Waals surface area contributed by atoms with Gasteiger partial charge in [-0.05, 0) is 66.5 Å². The van der Waals surface area contributed by atoms with Crippen LogP contribution < -0.4 is 4.74 Å². The van der Waals surface area contributed by atoms with Crippen molar-refractivity contribution in [3.8, 4) is 5.75 Å². The molecule has 4 aliphatic carbocycles. The van der Waals surface area contributed by atoms with Crippen molar-refractivity contribution in [1.29, 1.82) is 0 Å². The van der Waals surface area contributed by atoms with Crippen LogP contribution in [0.15, 0.2) is 60.7 Å². The van der Waals surface area contributed by atoms with Crippen LogP contribution in [0, 0.1) is 35.5 Å². The number of allylic oxidation sites excluding steroid dienone is 2. The van der Waals surface area contributed by atoms with Crippen molar-refractivity contribution >= 4 is 35.1 Å². The molecular weight excluding hydrogens is 468 g/mol. The standard InChI is InChI=1S/C27H23ClN2O5/c1-35-17-4-2-3-15(11-17)22(31)13-29(25(32)14-5-7-16(28)8-6-14)30-26(33)23-18-9-10-19(21-12-20(18)21)24(23)27(30)34/h2-11,18-21,23-24H,12-13H2,1H3/t18-,19+,20-,21+,23-,24+. The van der Waals surface area contributed by atoms with E-state index >= 15 is 0 Å². The van der Waals surface area contributed by atoms with E-state index in [1.807, 2.05) is 0 Å². The summed E-state index contributed by atoms with van der Waals surface area (Å²) in [6, 6.07) is 12.7. The number of ether oxygens (including phenoxy) is 1. The largest absolute Gasteiger partial charge is 0.497 e. The van der Waals surface area contributed by atoms with Crippen LogP contribution in [0.5, 0.6) is 5.75 Å². The molecule has 0 radical (unpaired) electrons. The minimum absolute atomic E-state index is 0.0121. The lowest BCUT2D eigenvalue weighted by atomic mass is 9.63. The van der Waals surface area contributed by atoms with Gasteiger partial charge in [-0.25, -0.2) is 5.01 Å². The maximum absolute atomic E-state index is 13.7. The fourth-order valence-corrected chi connectivity index (χ4v) is 6.30. The highest BCUT2D eigenvalue weighted by molar-refractivity contribution is 6.30. The molecule has 0 spiro atoms. The number of hydrogen-bond donors (Lipinski definition) is 0. The maximum atomic E-state index is 13.7. The summed E-state index contributed by atoms with van der Waals surface area (Å²) in [5.74, 6) is -1.39. The van der Waals surface area contributed by atoms with Gasteiger partial charge in [0.2, 0.25) is 0 Å². The highest BCUT2D eigenvalue weighted by Gasteiger charge is 2.68. The Morgan fingerprint density at radius 3 is 2.20 bits per heavy atom. The van der Waals surface area contributed by atoms with Crippen molar-refractivity contribution in [1.82, 2.24) is 10.0 Å². The molecule has 35 heavy (non-hydrogen) atoms. The molecule has 0 aromatic heterocycles. The predicted molar refractivity (Wildman–Crippen MR) is 126 cm³/mol. The quantitative estimate of drug-likeness (QED) is 0.350. The number of Topliss-reactive ketones (excluding diaryl/α,β-unsaturated/α-hetero) is 1. The second-order valence-corrected chi connectivity index (χ2v) is 10.1. The normalized spacial score (nSPS) is 29.6. The number of imide groups is 1. The van der Waals surface area contributed by atoms with Gasteiger partial charge in [-0.1, -0.05) is 35.9 Å². The Kier molecular flexibility index (Phi) is 5.07. The van der Waals surface area contributed by atoms with Crippen molar-refractivity contribution in [3.05, 3.63) is 76.8 Å². The Hall–Kier alpha value is -3.45. The molecule has 3 fully saturated rings. The molecule has 2 aromatic rings. The molecule has 7 rings (SSSR count). The summed E-state index contributed by atoms with van der Waals surface area (Å²) in [7, 11) is 1.50. The minimum atomic E-state index is -0.608. The number of halogens is 1. The third kappa shape index (κ3) is 3.40. The van der Waals surface area contributed by atoms with Gasteiger partial charge in [0.25, 0.3) is 17.7 Å². The van der Waals surface area contributed by atoms with Gasteiger partial charge in [0.1, 0.15) is 12.3 Å². The fraction of sp³-hybridized carbons (Fsp3) is 0.333. The first-order valence-electron chi connectivity index (χ1n) is 11.7.